The first kappa shape index (κ1) is 18.5. The van der Waals surface area contributed by atoms with E-state index in [-0.39, 0.29) is 12.1 Å². The minimum absolute atomic E-state index is 0.0365. The monoisotopic (exact) mass is 340 g/mol. The smallest absolute Gasteiger partial charge is 0.407 e. The Balaban J connectivity index is 1.94. The van der Waals surface area contributed by atoms with Crippen LogP contribution in [-0.2, 0) is 14.2 Å². The first-order valence-corrected chi connectivity index (χ1v) is 8.17. The molecule has 2 N–H and O–H groups in total. The quantitative estimate of drug-likeness (QED) is 0.799. The molecule has 0 aliphatic carbocycles. The summed E-state index contributed by atoms with van der Waals surface area (Å²) >= 11 is 0. The molecule has 136 valence electrons. The highest BCUT2D eigenvalue weighted by Gasteiger charge is 2.26. The van der Waals surface area contributed by atoms with Gasteiger partial charge in [0.05, 0.1) is 5.69 Å². The van der Waals surface area contributed by atoms with Crippen molar-refractivity contribution in [2.45, 2.75) is 51.5 Å². The number of hydrogen-bond donors (Lipinski definition) is 2. The second kappa shape index (κ2) is 7.85. The molecule has 0 spiro atoms. The third kappa shape index (κ3) is 5.10. The van der Waals surface area contributed by atoms with Crippen LogP contribution in [0.1, 0.15) is 45.6 Å². The fraction of sp³-hybridized carbons (Fsp3) is 0.750. The summed E-state index contributed by atoms with van der Waals surface area (Å²) in [4.78, 5) is 14.1. The molecule has 0 radical (unpaired) electrons. The van der Waals surface area contributed by atoms with Gasteiger partial charge in [-0.05, 0) is 33.6 Å². The van der Waals surface area contributed by atoms with Crippen LogP contribution in [0.3, 0.4) is 0 Å². The predicted molar refractivity (Wildman–Crippen MR) is 90.0 cm³/mol. The minimum Gasteiger partial charge on any atom is -0.444 e. The maximum atomic E-state index is 11.9. The number of aromatic amines is 1. The first-order chi connectivity index (χ1) is 11.3. The summed E-state index contributed by atoms with van der Waals surface area (Å²) in [6.07, 6.45) is 1.05. The van der Waals surface area contributed by atoms with E-state index in [1.54, 1.807) is 14.2 Å². The van der Waals surface area contributed by atoms with Crippen molar-refractivity contribution >= 4 is 11.9 Å². The molecule has 0 unspecified atom stereocenters. The SMILES string of the molecule is COC(OC)c1cc(N2CCC[C@H](NC(=O)OC(C)(C)C)C2)n[nH]1. The van der Waals surface area contributed by atoms with Gasteiger partial charge in [0, 0.05) is 39.4 Å². The van der Waals surface area contributed by atoms with Gasteiger partial charge < -0.3 is 24.4 Å². The molecule has 1 aliphatic heterocycles. The Labute approximate surface area is 142 Å². The number of alkyl carbamates (subject to hydrolysis) is 1. The summed E-state index contributed by atoms with van der Waals surface area (Å²) in [6.45, 7) is 7.14. The molecule has 24 heavy (non-hydrogen) atoms. The fourth-order valence-electron chi connectivity index (χ4n) is 2.74. The van der Waals surface area contributed by atoms with Gasteiger partial charge in [-0.15, -0.1) is 0 Å². The molecule has 1 amide bonds. The Bertz CT molecular complexity index is 536. The first-order valence-electron chi connectivity index (χ1n) is 8.17. The van der Waals surface area contributed by atoms with Gasteiger partial charge in [-0.2, -0.15) is 5.10 Å². The van der Waals surface area contributed by atoms with Crippen LogP contribution in [-0.4, -0.2) is 55.2 Å². The number of carbonyl (C=O) groups excluding carboxylic acids is 1. The zero-order chi connectivity index (χ0) is 17.7. The molecule has 8 nitrogen and oxygen atoms in total. The van der Waals surface area contributed by atoms with Gasteiger partial charge in [0.25, 0.3) is 0 Å². The molecule has 1 aromatic heterocycles. The Morgan fingerprint density at radius 1 is 1.42 bits per heavy atom. The van der Waals surface area contributed by atoms with Crippen molar-refractivity contribution in [1.29, 1.82) is 0 Å². The van der Waals surface area contributed by atoms with Gasteiger partial charge in [-0.3, -0.25) is 5.10 Å². The highest BCUT2D eigenvalue weighted by molar-refractivity contribution is 5.68. The second-order valence-corrected chi connectivity index (χ2v) is 6.92. The van der Waals surface area contributed by atoms with Crippen molar-refractivity contribution in [2.75, 3.05) is 32.2 Å². The number of piperidine rings is 1. The topological polar surface area (TPSA) is 88.7 Å². The van der Waals surface area contributed by atoms with E-state index in [4.69, 9.17) is 14.2 Å². The molecule has 1 aromatic rings. The van der Waals surface area contributed by atoms with E-state index in [2.05, 4.69) is 20.4 Å². The number of ether oxygens (including phenoxy) is 3. The van der Waals surface area contributed by atoms with Crippen LogP contribution in [0, 0.1) is 0 Å². The molecule has 1 fully saturated rings. The molecule has 8 heteroatoms. The molecule has 2 rings (SSSR count). The highest BCUT2D eigenvalue weighted by atomic mass is 16.7. The van der Waals surface area contributed by atoms with Crippen LogP contribution in [0.4, 0.5) is 10.6 Å². The van der Waals surface area contributed by atoms with E-state index in [0.717, 1.165) is 30.9 Å². The average Bonchev–Trinajstić information content (AvgIpc) is 2.96. The molecule has 1 atom stereocenters. The zero-order valence-corrected chi connectivity index (χ0v) is 15.1. The lowest BCUT2D eigenvalue weighted by Gasteiger charge is -2.33. The summed E-state index contributed by atoms with van der Waals surface area (Å²) in [5, 5.41) is 10.2. The third-order valence-corrected chi connectivity index (χ3v) is 3.73. The van der Waals surface area contributed by atoms with Gasteiger partial charge >= 0.3 is 6.09 Å². The predicted octanol–water partition coefficient (Wildman–Crippen LogP) is 2.19. The summed E-state index contributed by atoms with van der Waals surface area (Å²) < 4.78 is 15.8. The number of amides is 1. The molecule has 0 saturated carbocycles. The Morgan fingerprint density at radius 2 is 2.12 bits per heavy atom. The second-order valence-electron chi connectivity index (χ2n) is 6.92. The van der Waals surface area contributed by atoms with Crippen LogP contribution >= 0.6 is 0 Å². The third-order valence-electron chi connectivity index (χ3n) is 3.73. The van der Waals surface area contributed by atoms with Crippen LogP contribution in [0.2, 0.25) is 0 Å². The molecule has 0 bridgehead atoms. The van der Waals surface area contributed by atoms with Gasteiger partial charge in [0.2, 0.25) is 0 Å². The summed E-state index contributed by atoms with van der Waals surface area (Å²) in [5.74, 6) is 0.819. The average molecular weight is 340 g/mol. The summed E-state index contributed by atoms with van der Waals surface area (Å²) in [5.41, 5.74) is 0.266. The number of nitrogens with zero attached hydrogens (tertiary/aromatic N) is 2. The van der Waals surface area contributed by atoms with Crippen LogP contribution in [0.25, 0.3) is 0 Å². The van der Waals surface area contributed by atoms with Gasteiger partial charge in [0.1, 0.15) is 5.60 Å². The normalized spacial score (nSPS) is 18.8. The number of anilines is 1. The maximum absolute atomic E-state index is 11.9. The van der Waals surface area contributed by atoms with Gasteiger partial charge in [-0.25, -0.2) is 4.79 Å². The molecule has 1 aliphatic rings. The van der Waals surface area contributed by atoms with E-state index >= 15 is 0 Å². The Morgan fingerprint density at radius 3 is 2.75 bits per heavy atom. The minimum atomic E-state index is -0.495. The van der Waals surface area contributed by atoms with E-state index in [1.807, 2.05) is 26.8 Å². The molecule has 1 saturated heterocycles. The van der Waals surface area contributed by atoms with Crippen molar-refractivity contribution in [2.24, 2.45) is 0 Å². The Hall–Kier alpha value is -1.80. The van der Waals surface area contributed by atoms with E-state index < -0.39 is 11.9 Å². The van der Waals surface area contributed by atoms with E-state index in [0.29, 0.717) is 6.54 Å². The van der Waals surface area contributed by atoms with Crippen molar-refractivity contribution in [3.63, 3.8) is 0 Å². The number of carbonyl (C=O) groups is 1. The largest absolute Gasteiger partial charge is 0.444 e. The lowest BCUT2D eigenvalue weighted by atomic mass is 10.1. The molecule has 2 heterocycles. The summed E-state index contributed by atoms with van der Waals surface area (Å²) in [7, 11) is 3.16. The van der Waals surface area contributed by atoms with Crippen molar-refractivity contribution in [3.8, 4) is 0 Å². The Kier molecular flexibility index (Phi) is 6.06. The molecular weight excluding hydrogens is 312 g/mol. The number of nitrogens with one attached hydrogen (secondary N) is 2. The van der Waals surface area contributed by atoms with Crippen LogP contribution < -0.4 is 10.2 Å². The fourth-order valence-corrected chi connectivity index (χ4v) is 2.74. The molecular formula is C16H28N4O4. The number of hydrogen-bond acceptors (Lipinski definition) is 6. The number of H-pyrrole nitrogens is 1. The molecule has 0 aromatic carbocycles. The van der Waals surface area contributed by atoms with Crippen LogP contribution in [0.15, 0.2) is 6.07 Å². The number of rotatable bonds is 5. The van der Waals surface area contributed by atoms with E-state index in [1.165, 1.54) is 0 Å². The van der Waals surface area contributed by atoms with Gasteiger partial charge in [-0.1, -0.05) is 0 Å². The zero-order valence-electron chi connectivity index (χ0n) is 15.1. The van der Waals surface area contributed by atoms with E-state index in [9.17, 15) is 4.79 Å². The lowest BCUT2D eigenvalue weighted by Crippen LogP contribution is -2.49. The summed E-state index contributed by atoms with van der Waals surface area (Å²) in [6, 6.07) is 1.95. The van der Waals surface area contributed by atoms with Gasteiger partial charge in [0.15, 0.2) is 12.1 Å². The maximum Gasteiger partial charge on any atom is 0.407 e. The standard InChI is InChI=1S/C16H28N4O4/c1-16(2,3)24-15(21)17-11-7-6-8-20(10-11)13-9-12(18-19-13)14(22-4)23-5/h9,11,14H,6-8,10H2,1-5H3,(H,17,21)(H,18,19)/t11-/m0/s1. The van der Waals surface area contributed by atoms with Crippen molar-refractivity contribution in [3.05, 3.63) is 11.8 Å². The number of aromatic nitrogens is 2. The van der Waals surface area contributed by atoms with Crippen molar-refractivity contribution in [1.82, 2.24) is 15.5 Å². The van der Waals surface area contributed by atoms with Crippen molar-refractivity contribution < 1.29 is 19.0 Å². The highest BCUT2D eigenvalue weighted by Crippen LogP contribution is 2.23. The van der Waals surface area contributed by atoms with Crippen LogP contribution in [0.5, 0.6) is 0 Å². The number of methoxy groups -OCH3 is 2. The lowest BCUT2D eigenvalue weighted by molar-refractivity contribution is -0.108.